The second kappa shape index (κ2) is 12.3. The van der Waals surface area contributed by atoms with Crippen LogP contribution < -0.4 is 10.9 Å². The van der Waals surface area contributed by atoms with Crippen molar-refractivity contribution in [3.05, 3.63) is 58.5 Å². The molecule has 2 saturated heterocycles. The Morgan fingerprint density at radius 1 is 1.02 bits per heavy atom. The largest absolute Gasteiger partial charge is 0.387 e. The van der Waals surface area contributed by atoms with Gasteiger partial charge in [0.15, 0.2) is 0 Å². The first kappa shape index (κ1) is 30.5. The van der Waals surface area contributed by atoms with Crippen molar-refractivity contribution in [1.82, 2.24) is 19.7 Å². The van der Waals surface area contributed by atoms with E-state index in [2.05, 4.69) is 5.32 Å². The van der Waals surface area contributed by atoms with Crippen LogP contribution in [-0.2, 0) is 11.3 Å². The number of carbonyl (C=O) groups is 2. The third kappa shape index (κ3) is 6.50. The lowest BCUT2D eigenvalue weighted by molar-refractivity contribution is -0.156. The Morgan fingerprint density at radius 3 is 2.24 bits per heavy atom. The molecule has 2 saturated carbocycles. The number of amides is 2. The lowest BCUT2D eigenvalue weighted by atomic mass is 9.69. The number of carbonyl (C=O) groups excluding carboxylic acids is 2. The summed E-state index contributed by atoms with van der Waals surface area (Å²) in [5, 5.41) is 15.0. The van der Waals surface area contributed by atoms with E-state index in [1.807, 2.05) is 62.9 Å². The maximum atomic E-state index is 13.6. The molecule has 228 valence electrons. The molecule has 2 aliphatic heterocycles. The number of piperidine rings is 1. The normalized spacial score (nSPS) is 26.3. The number of aromatic nitrogens is 1. The smallest absolute Gasteiger partial charge is 0.256 e. The molecule has 8 nitrogen and oxygen atoms in total. The first-order valence-corrected chi connectivity index (χ1v) is 15.8. The molecule has 0 spiro atoms. The lowest BCUT2D eigenvalue weighted by Gasteiger charge is -2.50. The zero-order valence-electron chi connectivity index (χ0n) is 25.8. The Bertz CT molecular complexity index is 1320. The van der Waals surface area contributed by atoms with Crippen LogP contribution in [0.25, 0.3) is 11.1 Å². The van der Waals surface area contributed by atoms with E-state index in [4.69, 9.17) is 0 Å². The number of nitrogens with zero attached hydrogens (tertiary/aromatic N) is 3. The minimum Gasteiger partial charge on any atom is -0.387 e. The summed E-state index contributed by atoms with van der Waals surface area (Å²) in [4.78, 5) is 43.1. The quantitative estimate of drug-likeness (QED) is 0.561. The molecule has 2 amide bonds. The number of rotatable bonds is 5. The molecule has 1 aromatic heterocycles. The SMILES string of the molecule is C1CC2CC2C1.CC(C)C(=O)N1CCC(O)(Cn2cc(C(=O)N3CCNCC3)c(-c3ccccc3)cc2=O)C(C)(C)C1. The van der Waals surface area contributed by atoms with E-state index in [0.29, 0.717) is 43.7 Å². The molecule has 4 fully saturated rings. The molecule has 42 heavy (non-hydrogen) atoms. The Morgan fingerprint density at radius 2 is 1.69 bits per heavy atom. The van der Waals surface area contributed by atoms with Crippen molar-refractivity contribution >= 4 is 11.8 Å². The van der Waals surface area contributed by atoms with Gasteiger partial charge in [-0.05, 0) is 30.2 Å². The maximum Gasteiger partial charge on any atom is 0.256 e. The summed E-state index contributed by atoms with van der Waals surface area (Å²) in [6.07, 6.45) is 8.21. The Labute approximate surface area is 250 Å². The molecule has 2 aromatic rings. The highest BCUT2D eigenvalue weighted by molar-refractivity contribution is 6.00. The zero-order chi connectivity index (χ0) is 30.1. The number of pyridine rings is 1. The van der Waals surface area contributed by atoms with Crippen LogP contribution in [0.5, 0.6) is 0 Å². The van der Waals surface area contributed by atoms with Crippen molar-refractivity contribution in [2.45, 2.75) is 71.9 Å². The molecule has 6 rings (SSSR count). The lowest BCUT2D eigenvalue weighted by Crippen LogP contribution is -2.61. The van der Waals surface area contributed by atoms with E-state index in [1.165, 1.54) is 28.9 Å². The van der Waals surface area contributed by atoms with Crippen molar-refractivity contribution in [2.75, 3.05) is 39.3 Å². The Kier molecular flexibility index (Phi) is 8.95. The number of benzene rings is 1. The van der Waals surface area contributed by atoms with Crippen LogP contribution in [0.2, 0.25) is 0 Å². The standard InChI is InChI=1S/C28H38N4O4.C6H10/c1-20(2)25(34)31-13-10-28(36,27(3,4)18-31)19-32-17-23(26(35)30-14-11-29-12-15-30)22(16-24(32)33)21-8-6-5-7-9-21;1-2-5-4-6(5)3-1/h5-9,16-17,20,29,36H,10-15,18-19H2,1-4H3;5-6H,1-4H2. The van der Waals surface area contributed by atoms with Gasteiger partial charge in [-0.2, -0.15) is 0 Å². The number of fused-ring (bicyclic) bond motifs is 1. The van der Waals surface area contributed by atoms with Crippen LogP contribution in [-0.4, -0.2) is 76.2 Å². The van der Waals surface area contributed by atoms with Crippen LogP contribution in [0.4, 0.5) is 0 Å². The fourth-order valence-electron chi connectivity index (χ4n) is 6.91. The molecule has 1 aromatic carbocycles. The molecular formula is C34H48N4O4. The van der Waals surface area contributed by atoms with Crippen molar-refractivity contribution < 1.29 is 14.7 Å². The summed E-state index contributed by atoms with van der Waals surface area (Å²) in [5.74, 6) is 2.26. The van der Waals surface area contributed by atoms with Gasteiger partial charge in [-0.25, -0.2) is 0 Å². The summed E-state index contributed by atoms with van der Waals surface area (Å²) < 4.78 is 1.48. The van der Waals surface area contributed by atoms with E-state index < -0.39 is 11.0 Å². The third-order valence-corrected chi connectivity index (χ3v) is 9.94. The monoisotopic (exact) mass is 576 g/mol. The van der Waals surface area contributed by atoms with Crippen molar-refractivity contribution in [2.24, 2.45) is 23.2 Å². The first-order chi connectivity index (χ1) is 20.0. The van der Waals surface area contributed by atoms with Gasteiger partial charge >= 0.3 is 0 Å². The minimum absolute atomic E-state index is 0.0550. The molecule has 2 aliphatic carbocycles. The van der Waals surface area contributed by atoms with Crippen LogP contribution in [0, 0.1) is 23.2 Å². The van der Waals surface area contributed by atoms with E-state index in [0.717, 1.165) is 18.7 Å². The number of nitrogens with one attached hydrogen (secondary N) is 1. The van der Waals surface area contributed by atoms with Gasteiger partial charge in [-0.3, -0.25) is 14.4 Å². The van der Waals surface area contributed by atoms with Crippen molar-refractivity contribution in [1.29, 1.82) is 0 Å². The number of hydrogen-bond donors (Lipinski definition) is 2. The predicted octanol–water partition coefficient (Wildman–Crippen LogP) is 4.01. The van der Waals surface area contributed by atoms with Gasteiger partial charge in [0.25, 0.3) is 11.5 Å². The number of piperazine rings is 1. The molecular weight excluding hydrogens is 528 g/mol. The van der Waals surface area contributed by atoms with Gasteiger partial charge in [0, 0.05) is 68.4 Å². The van der Waals surface area contributed by atoms with Gasteiger partial charge in [-0.15, -0.1) is 0 Å². The van der Waals surface area contributed by atoms with Gasteiger partial charge in [-0.1, -0.05) is 77.3 Å². The average Bonchev–Trinajstić information content (AvgIpc) is 3.59. The molecule has 8 heteroatoms. The third-order valence-electron chi connectivity index (χ3n) is 9.94. The van der Waals surface area contributed by atoms with Crippen LogP contribution in [0.15, 0.2) is 47.4 Å². The van der Waals surface area contributed by atoms with E-state index >= 15 is 0 Å². The van der Waals surface area contributed by atoms with E-state index in [-0.39, 0.29) is 29.8 Å². The molecule has 3 unspecified atom stereocenters. The molecule has 3 heterocycles. The second-order valence-electron chi connectivity index (χ2n) is 13.7. The maximum absolute atomic E-state index is 13.6. The second-order valence-corrected chi connectivity index (χ2v) is 13.7. The predicted molar refractivity (Wildman–Crippen MR) is 165 cm³/mol. The Hall–Kier alpha value is -2.97. The highest BCUT2D eigenvalue weighted by Gasteiger charge is 2.49. The number of likely N-dealkylation sites (tertiary alicyclic amines) is 1. The van der Waals surface area contributed by atoms with Crippen LogP contribution in [0.3, 0.4) is 0 Å². The van der Waals surface area contributed by atoms with Gasteiger partial charge in [0.1, 0.15) is 0 Å². The van der Waals surface area contributed by atoms with Gasteiger partial charge < -0.3 is 24.8 Å². The number of hydrogen-bond acceptors (Lipinski definition) is 5. The van der Waals surface area contributed by atoms with E-state index in [1.54, 1.807) is 30.4 Å². The summed E-state index contributed by atoms with van der Waals surface area (Å²) in [6.45, 7) is 11.2. The summed E-state index contributed by atoms with van der Waals surface area (Å²) in [5.41, 5.74) is -0.263. The molecule has 4 aliphatic rings. The van der Waals surface area contributed by atoms with Crippen molar-refractivity contribution in [3.8, 4) is 11.1 Å². The van der Waals surface area contributed by atoms with Crippen LogP contribution in [0.1, 0.15) is 70.2 Å². The Balaban J connectivity index is 0.000000513. The van der Waals surface area contributed by atoms with Gasteiger partial charge in [0.05, 0.1) is 17.7 Å². The van der Waals surface area contributed by atoms with Gasteiger partial charge in [0.2, 0.25) is 5.91 Å². The van der Waals surface area contributed by atoms with E-state index in [9.17, 15) is 19.5 Å². The molecule has 0 radical (unpaired) electrons. The summed E-state index contributed by atoms with van der Waals surface area (Å²) in [7, 11) is 0. The zero-order valence-corrected chi connectivity index (χ0v) is 25.8. The molecule has 2 N–H and O–H groups in total. The summed E-state index contributed by atoms with van der Waals surface area (Å²) in [6, 6.07) is 11.0. The fourth-order valence-corrected chi connectivity index (χ4v) is 6.91. The highest BCUT2D eigenvalue weighted by Crippen LogP contribution is 2.51. The minimum atomic E-state index is -1.21. The topological polar surface area (TPSA) is 94.9 Å². The average molecular weight is 577 g/mol. The number of aliphatic hydroxyl groups is 1. The first-order valence-electron chi connectivity index (χ1n) is 15.8. The fraction of sp³-hybridized carbons (Fsp3) is 0.618. The molecule has 3 atom stereocenters. The van der Waals surface area contributed by atoms with Crippen LogP contribution >= 0.6 is 0 Å². The molecule has 0 bridgehead atoms. The summed E-state index contributed by atoms with van der Waals surface area (Å²) >= 11 is 0. The highest BCUT2D eigenvalue weighted by atomic mass is 16.3. The van der Waals surface area contributed by atoms with Crippen molar-refractivity contribution in [3.63, 3.8) is 0 Å².